The Morgan fingerprint density at radius 2 is 2.17 bits per heavy atom. The summed E-state index contributed by atoms with van der Waals surface area (Å²) in [5.74, 6) is 0.323. The largest absolute Gasteiger partial charge is 0.515 e. The van der Waals surface area contributed by atoms with E-state index >= 15 is 0 Å². The average Bonchev–Trinajstić information content (AvgIpc) is 2.77. The predicted octanol–water partition coefficient (Wildman–Crippen LogP) is 2.53. The third-order valence-corrected chi connectivity index (χ3v) is 2.69. The van der Waals surface area contributed by atoms with Gasteiger partial charge in [0.2, 0.25) is 6.79 Å². The van der Waals surface area contributed by atoms with Crippen molar-refractivity contribution in [2.45, 2.75) is 6.92 Å². The fraction of sp³-hybridized carbons (Fsp3) is 0.250. The van der Waals surface area contributed by atoms with Crippen LogP contribution in [0.2, 0.25) is 5.02 Å². The molecule has 1 aliphatic heterocycles. The molecule has 1 aliphatic rings. The highest BCUT2D eigenvalue weighted by molar-refractivity contribution is 6.34. The van der Waals surface area contributed by atoms with Crippen LogP contribution in [0.5, 0.6) is 11.5 Å². The normalized spacial score (nSPS) is 13.6. The lowest BCUT2D eigenvalue weighted by Crippen LogP contribution is -2.07. The van der Waals surface area contributed by atoms with Crippen LogP contribution >= 0.6 is 11.6 Å². The molecule has 5 nitrogen and oxygen atoms in total. The summed E-state index contributed by atoms with van der Waals surface area (Å²) >= 11 is 6.03. The molecule has 0 radical (unpaired) electrons. The molecule has 18 heavy (non-hydrogen) atoms. The van der Waals surface area contributed by atoms with E-state index in [1.807, 2.05) is 0 Å². The molecule has 96 valence electrons. The quantitative estimate of drug-likeness (QED) is 0.519. The lowest BCUT2D eigenvalue weighted by molar-refractivity contribution is -0.136. The molecule has 0 fully saturated rings. The SMILES string of the molecule is CCOC(=O)C(=CO)c1cc2c(cc1Cl)OCO2. The molecule has 0 aromatic heterocycles. The minimum Gasteiger partial charge on any atom is -0.515 e. The molecular formula is C12H11ClO5. The number of carbonyl (C=O) groups excluding carboxylic acids is 1. The highest BCUT2D eigenvalue weighted by Gasteiger charge is 2.22. The number of fused-ring (bicyclic) bond motifs is 1. The van der Waals surface area contributed by atoms with Gasteiger partial charge in [-0.15, -0.1) is 0 Å². The number of esters is 1. The van der Waals surface area contributed by atoms with E-state index in [-0.39, 0.29) is 24.0 Å². The zero-order chi connectivity index (χ0) is 13.1. The molecule has 0 aliphatic carbocycles. The van der Waals surface area contributed by atoms with Gasteiger partial charge in [0, 0.05) is 11.6 Å². The van der Waals surface area contributed by atoms with E-state index in [0.29, 0.717) is 23.3 Å². The van der Waals surface area contributed by atoms with Crippen LogP contribution in [-0.4, -0.2) is 24.5 Å². The summed E-state index contributed by atoms with van der Waals surface area (Å²) in [6.07, 6.45) is 0.668. The third kappa shape index (κ3) is 2.22. The van der Waals surface area contributed by atoms with Crippen molar-refractivity contribution in [3.8, 4) is 11.5 Å². The first-order valence-corrected chi connectivity index (χ1v) is 5.66. The molecule has 0 atom stereocenters. The highest BCUT2D eigenvalue weighted by atomic mass is 35.5. The molecule has 6 heteroatoms. The summed E-state index contributed by atoms with van der Waals surface area (Å²) in [5, 5.41) is 9.43. The zero-order valence-electron chi connectivity index (χ0n) is 9.60. The lowest BCUT2D eigenvalue weighted by Gasteiger charge is -2.08. The van der Waals surface area contributed by atoms with Gasteiger partial charge in [-0.25, -0.2) is 4.79 Å². The minimum atomic E-state index is -0.652. The lowest BCUT2D eigenvalue weighted by atomic mass is 10.1. The monoisotopic (exact) mass is 270 g/mol. The van der Waals surface area contributed by atoms with Crippen molar-refractivity contribution in [3.63, 3.8) is 0 Å². The van der Waals surface area contributed by atoms with Gasteiger partial charge >= 0.3 is 5.97 Å². The topological polar surface area (TPSA) is 65.0 Å². The minimum absolute atomic E-state index is 0.0276. The second-order valence-electron chi connectivity index (χ2n) is 3.45. The molecule has 0 saturated carbocycles. The molecular weight excluding hydrogens is 260 g/mol. The van der Waals surface area contributed by atoms with Gasteiger partial charge in [-0.3, -0.25) is 0 Å². The van der Waals surface area contributed by atoms with Gasteiger partial charge in [0.15, 0.2) is 11.5 Å². The van der Waals surface area contributed by atoms with Crippen LogP contribution < -0.4 is 9.47 Å². The number of aliphatic hydroxyl groups is 1. The first-order chi connectivity index (χ1) is 8.67. The first kappa shape index (κ1) is 12.6. The van der Waals surface area contributed by atoms with Gasteiger partial charge in [0.25, 0.3) is 0 Å². The van der Waals surface area contributed by atoms with Crippen LogP contribution in [0.4, 0.5) is 0 Å². The number of halogens is 1. The maximum absolute atomic E-state index is 11.6. The maximum Gasteiger partial charge on any atom is 0.341 e. The molecule has 0 saturated heterocycles. The van der Waals surface area contributed by atoms with Crippen molar-refractivity contribution >= 4 is 23.1 Å². The van der Waals surface area contributed by atoms with Crippen LogP contribution in [0.1, 0.15) is 12.5 Å². The van der Waals surface area contributed by atoms with Gasteiger partial charge in [-0.1, -0.05) is 11.6 Å². The van der Waals surface area contributed by atoms with E-state index in [0.717, 1.165) is 0 Å². The number of hydrogen-bond donors (Lipinski definition) is 1. The Kier molecular flexibility index (Phi) is 3.62. The molecule has 1 heterocycles. The third-order valence-electron chi connectivity index (χ3n) is 2.38. The Balaban J connectivity index is 2.40. The van der Waals surface area contributed by atoms with E-state index < -0.39 is 5.97 Å². The molecule has 0 unspecified atom stereocenters. The maximum atomic E-state index is 11.6. The van der Waals surface area contributed by atoms with E-state index in [2.05, 4.69) is 0 Å². The van der Waals surface area contributed by atoms with Crippen LogP contribution in [0.15, 0.2) is 18.4 Å². The van der Waals surface area contributed by atoms with Crippen LogP contribution in [0.3, 0.4) is 0 Å². The molecule has 0 amide bonds. The number of benzene rings is 1. The Labute approximate surface area is 109 Å². The Morgan fingerprint density at radius 1 is 1.50 bits per heavy atom. The fourth-order valence-corrected chi connectivity index (χ4v) is 1.82. The summed E-state index contributed by atoms with van der Waals surface area (Å²) in [5.41, 5.74) is 0.307. The predicted molar refractivity (Wildman–Crippen MR) is 64.8 cm³/mol. The Bertz CT molecular complexity index is 509. The van der Waals surface area contributed by atoms with Gasteiger partial charge in [0.05, 0.1) is 17.9 Å². The fourth-order valence-electron chi connectivity index (χ4n) is 1.56. The Morgan fingerprint density at radius 3 is 2.78 bits per heavy atom. The Hall–Kier alpha value is -1.88. The van der Waals surface area contributed by atoms with Gasteiger partial charge in [0.1, 0.15) is 5.57 Å². The van der Waals surface area contributed by atoms with E-state index in [9.17, 15) is 4.79 Å². The van der Waals surface area contributed by atoms with Crippen molar-refractivity contribution in [1.29, 1.82) is 0 Å². The van der Waals surface area contributed by atoms with Gasteiger partial charge in [-0.05, 0) is 13.0 Å². The number of rotatable bonds is 3. The summed E-state index contributed by atoms with van der Waals surface area (Å²) in [7, 11) is 0. The van der Waals surface area contributed by atoms with Crippen molar-refractivity contribution in [1.82, 2.24) is 0 Å². The molecule has 1 N–H and O–H groups in total. The number of hydrogen-bond acceptors (Lipinski definition) is 5. The molecule has 1 aromatic rings. The number of ether oxygens (including phenoxy) is 3. The van der Waals surface area contributed by atoms with Crippen molar-refractivity contribution in [2.75, 3.05) is 13.4 Å². The molecule has 0 bridgehead atoms. The van der Waals surface area contributed by atoms with E-state index in [4.69, 9.17) is 30.9 Å². The van der Waals surface area contributed by atoms with E-state index in [1.165, 1.54) is 12.1 Å². The smallest absolute Gasteiger partial charge is 0.341 e. The zero-order valence-corrected chi connectivity index (χ0v) is 10.4. The number of aliphatic hydroxyl groups excluding tert-OH is 1. The summed E-state index contributed by atoms with van der Waals surface area (Å²) in [6, 6.07) is 3.06. The average molecular weight is 271 g/mol. The molecule has 2 rings (SSSR count). The van der Waals surface area contributed by atoms with Crippen LogP contribution in [-0.2, 0) is 9.53 Å². The van der Waals surface area contributed by atoms with Gasteiger partial charge in [-0.2, -0.15) is 0 Å². The van der Waals surface area contributed by atoms with Gasteiger partial charge < -0.3 is 19.3 Å². The van der Waals surface area contributed by atoms with Crippen LogP contribution in [0.25, 0.3) is 5.57 Å². The van der Waals surface area contributed by atoms with Crippen molar-refractivity contribution in [2.24, 2.45) is 0 Å². The highest BCUT2D eigenvalue weighted by Crippen LogP contribution is 2.39. The van der Waals surface area contributed by atoms with Crippen molar-refractivity contribution in [3.05, 3.63) is 29.0 Å². The standard InChI is InChI=1S/C12H11ClO5/c1-2-16-12(15)8(5-14)7-3-10-11(4-9(7)13)18-6-17-10/h3-5,14H,2,6H2,1H3. The molecule has 1 aromatic carbocycles. The molecule has 0 spiro atoms. The second kappa shape index (κ2) is 5.18. The van der Waals surface area contributed by atoms with Crippen LogP contribution in [0, 0.1) is 0 Å². The summed E-state index contributed by atoms with van der Waals surface area (Å²) in [6.45, 7) is 1.99. The van der Waals surface area contributed by atoms with E-state index in [1.54, 1.807) is 6.92 Å². The number of carbonyl (C=O) groups is 1. The summed E-state index contributed by atoms with van der Waals surface area (Å²) < 4.78 is 15.2. The first-order valence-electron chi connectivity index (χ1n) is 5.28. The summed E-state index contributed by atoms with van der Waals surface area (Å²) in [4.78, 5) is 11.6. The van der Waals surface area contributed by atoms with Crippen molar-refractivity contribution < 1.29 is 24.1 Å². The second-order valence-corrected chi connectivity index (χ2v) is 3.86.